The first kappa shape index (κ1) is 14.7. The van der Waals surface area contributed by atoms with E-state index < -0.39 is 0 Å². The van der Waals surface area contributed by atoms with Crippen molar-refractivity contribution in [3.05, 3.63) is 51.2 Å². The summed E-state index contributed by atoms with van der Waals surface area (Å²) in [6, 6.07) is 10.2. The molecule has 1 aromatic carbocycles. The molecule has 20 heavy (non-hydrogen) atoms. The molecule has 104 valence electrons. The molecular weight excluding hydrogens is 264 g/mol. The highest BCUT2D eigenvalue weighted by Crippen LogP contribution is 2.40. The molecular formula is C18H20OS. The highest BCUT2D eigenvalue weighted by atomic mass is 32.1. The molecule has 1 aromatic heterocycles. The van der Waals surface area contributed by atoms with Crippen molar-refractivity contribution in [3.63, 3.8) is 0 Å². The normalized spacial score (nSPS) is 10.7. The molecule has 0 spiro atoms. The maximum atomic E-state index is 11.6. The highest BCUT2D eigenvalue weighted by Gasteiger charge is 2.19. The van der Waals surface area contributed by atoms with Gasteiger partial charge in [-0.15, -0.1) is 11.3 Å². The molecule has 0 aliphatic carbocycles. The monoisotopic (exact) mass is 284 g/mol. The minimum Gasteiger partial charge on any atom is -0.298 e. The Hall–Kier alpha value is -1.67. The lowest BCUT2D eigenvalue weighted by molar-refractivity contribution is 0.112. The fourth-order valence-electron chi connectivity index (χ4n) is 2.29. The van der Waals surface area contributed by atoms with Gasteiger partial charge in [-0.05, 0) is 31.4 Å². The molecule has 0 saturated carbocycles. The number of hydrogen-bond donors (Lipinski definition) is 0. The lowest BCUT2D eigenvalue weighted by atomic mass is 9.97. The zero-order valence-corrected chi connectivity index (χ0v) is 13.3. The van der Waals surface area contributed by atoms with Crippen molar-refractivity contribution in [3.8, 4) is 11.1 Å². The van der Waals surface area contributed by atoms with Gasteiger partial charge in [0.1, 0.15) is 0 Å². The second-order valence-electron chi connectivity index (χ2n) is 5.48. The van der Waals surface area contributed by atoms with E-state index in [-0.39, 0.29) is 0 Å². The van der Waals surface area contributed by atoms with E-state index in [0.29, 0.717) is 5.92 Å². The molecule has 1 nitrogen and oxygen atoms in total. The Morgan fingerprint density at radius 1 is 1.15 bits per heavy atom. The van der Waals surface area contributed by atoms with E-state index in [9.17, 15) is 4.79 Å². The summed E-state index contributed by atoms with van der Waals surface area (Å²) in [5.74, 6) is 0.363. The van der Waals surface area contributed by atoms with Crippen molar-refractivity contribution in [2.24, 2.45) is 0 Å². The summed E-state index contributed by atoms with van der Waals surface area (Å²) in [5, 5.41) is 0. The Morgan fingerprint density at radius 2 is 1.80 bits per heavy atom. The molecule has 0 N–H and O–H groups in total. The third-order valence-electron chi connectivity index (χ3n) is 3.13. The zero-order chi connectivity index (χ0) is 14.7. The third kappa shape index (κ3) is 2.91. The quantitative estimate of drug-likeness (QED) is 0.651. The van der Waals surface area contributed by atoms with Crippen LogP contribution in [-0.4, -0.2) is 6.29 Å². The van der Waals surface area contributed by atoms with E-state index in [4.69, 9.17) is 0 Å². The average molecular weight is 284 g/mol. The molecule has 2 heteroatoms. The lowest BCUT2D eigenvalue weighted by Gasteiger charge is -2.05. The molecule has 0 unspecified atom stereocenters. The van der Waals surface area contributed by atoms with E-state index in [2.05, 4.69) is 45.9 Å². The lowest BCUT2D eigenvalue weighted by Crippen LogP contribution is -1.91. The summed E-state index contributed by atoms with van der Waals surface area (Å²) in [6.07, 6.45) is 3.18. The van der Waals surface area contributed by atoms with Crippen LogP contribution in [0.4, 0.5) is 0 Å². The molecule has 0 aliphatic rings. The zero-order valence-electron chi connectivity index (χ0n) is 12.4. The predicted octanol–water partition coefficient (Wildman–Crippen LogP) is 5.77. The minimum absolute atomic E-state index is 0.363. The fourth-order valence-corrected chi connectivity index (χ4v) is 3.65. The standard InChI is InChI=1S/C18H20OS/c1-12(2)10-16-17(14-8-6-5-7-9-14)15(11-19)18(20-16)13(3)4/h5-11,13H,1-4H3. The number of thiophene rings is 1. The molecule has 0 aliphatic heterocycles. The van der Waals surface area contributed by atoms with Gasteiger partial charge < -0.3 is 0 Å². The van der Waals surface area contributed by atoms with Crippen molar-refractivity contribution in [2.45, 2.75) is 33.6 Å². The van der Waals surface area contributed by atoms with Crippen molar-refractivity contribution >= 4 is 23.7 Å². The van der Waals surface area contributed by atoms with Gasteiger partial charge in [0.25, 0.3) is 0 Å². The van der Waals surface area contributed by atoms with Gasteiger partial charge in [0, 0.05) is 20.9 Å². The van der Waals surface area contributed by atoms with Gasteiger partial charge in [0.15, 0.2) is 6.29 Å². The van der Waals surface area contributed by atoms with Gasteiger partial charge in [-0.3, -0.25) is 4.79 Å². The predicted molar refractivity (Wildman–Crippen MR) is 88.6 cm³/mol. The maximum Gasteiger partial charge on any atom is 0.151 e. The highest BCUT2D eigenvalue weighted by molar-refractivity contribution is 7.14. The van der Waals surface area contributed by atoms with Gasteiger partial charge in [-0.1, -0.05) is 49.8 Å². The third-order valence-corrected chi connectivity index (χ3v) is 4.58. The first-order chi connectivity index (χ1) is 9.54. The molecule has 0 atom stereocenters. The summed E-state index contributed by atoms with van der Waals surface area (Å²) in [6.45, 7) is 8.45. The number of hydrogen-bond acceptors (Lipinski definition) is 2. The van der Waals surface area contributed by atoms with Crippen LogP contribution in [0, 0.1) is 0 Å². The molecule has 0 radical (unpaired) electrons. The van der Waals surface area contributed by atoms with Crippen molar-refractivity contribution in [2.75, 3.05) is 0 Å². The largest absolute Gasteiger partial charge is 0.298 e. The molecule has 0 amide bonds. The van der Waals surface area contributed by atoms with Crippen LogP contribution in [0.3, 0.4) is 0 Å². The number of carbonyl (C=O) groups excluding carboxylic acids is 1. The van der Waals surface area contributed by atoms with Gasteiger partial charge >= 0.3 is 0 Å². The second-order valence-corrected chi connectivity index (χ2v) is 6.56. The van der Waals surface area contributed by atoms with Crippen LogP contribution in [0.5, 0.6) is 0 Å². The molecule has 0 fully saturated rings. The number of allylic oxidation sites excluding steroid dienone is 1. The summed E-state index contributed by atoms with van der Waals surface area (Å²) in [7, 11) is 0. The minimum atomic E-state index is 0.363. The Balaban J connectivity index is 2.75. The smallest absolute Gasteiger partial charge is 0.151 e. The maximum absolute atomic E-state index is 11.6. The van der Waals surface area contributed by atoms with Crippen LogP contribution in [0.1, 0.15) is 53.7 Å². The van der Waals surface area contributed by atoms with E-state index in [0.717, 1.165) is 23.0 Å². The van der Waals surface area contributed by atoms with E-state index in [1.54, 1.807) is 11.3 Å². The first-order valence-corrected chi connectivity index (χ1v) is 7.68. The Kier molecular flexibility index (Phi) is 4.56. The first-order valence-electron chi connectivity index (χ1n) is 6.86. The number of rotatable bonds is 4. The molecule has 2 rings (SSSR count). The van der Waals surface area contributed by atoms with E-state index in [1.807, 2.05) is 18.2 Å². The van der Waals surface area contributed by atoms with Crippen LogP contribution < -0.4 is 0 Å². The van der Waals surface area contributed by atoms with Gasteiger partial charge in [0.05, 0.1) is 0 Å². The number of carbonyl (C=O) groups is 1. The molecule has 1 heterocycles. The Labute approximate surface area is 125 Å². The molecule has 2 aromatic rings. The van der Waals surface area contributed by atoms with Gasteiger partial charge in [-0.2, -0.15) is 0 Å². The Bertz CT molecular complexity index is 629. The Morgan fingerprint density at radius 3 is 2.30 bits per heavy atom. The van der Waals surface area contributed by atoms with E-state index in [1.165, 1.54) is 15.3 Å². The van der Waals surface area contributed by atoms with Crippen LogP contribution in [0.15, 0.2) is 35.9 Å². The summed E-state index contributed by atoms with van der Waals surface area (Å²) in [5.41, 5.74) is 4.29. The summed E-state index contributed by atoms with van der Waals surface area (Å²) in [4.78, 5) is 14.0. The van der Waals surface area contributed by atoms with Crippen LogP contribution in [-0.2, 0) is 0 Å². The topological polar surface area (TPSA) is 17.1 Å². The van der Waals surface area contributed by atoms with Crippen LogP contribution >= 0.6 is 11.3 Å². The van der Waals surface area contributed by atoms with E-state index >= 15 is 0 Å². The molecule has 0 saturated heterocycles. The van der Waals surface area contributed by atoms with Crippen LogP contribution in [0.2, 0.25) is 0 Å². The van der Waals surface area contributed by atoms with Gasteiger partial charge in [-0.25, -0.2) is 0 Å². The number of aldehydes is 1. The average Bonchev–Trinajstić information content (AvgIpc) is 2.77. The number of benzene rings is 1. The summed E-state index contributed by atoms with van der Waals surface area (Å²) >= 11 is 1.73. The van der Waals surface area contributed by atoms with Crippen molar-refractivity contribution in [1.29, 1.82) is 0 Å². The van der Waals surface area contributed by atoms with Crippen LogP contribution in [0.25, 0.3) is 17.2 Å². The summed E-state index contributed by atoms with van der Waals surface area (Å²) < 4.78 is 0. The van der Waals surface area contributed by atoms with Crippen molar-refractivity contribution < 1.29 is 4.79 Å². The SMILES string of the molecule is CC(C)=Cc1sc(C(C)C)c(C=O)c1-c1ccccc1. The second kappa shape index (κ2) is 6.19. The van der Waals surface area contributed by atoms with Gasteiger partial charge in [0.2, 0.25) is 0 Å². The van der Waals surface area contributed by atoms with Crippen molar-refractivity contribution in [1.82, 2.24) is 0 Å². The molecule has 0 bridgehead atoms. The fraction of sp³-hybridized carbons (Fsp3) is 0.278.